The van der Waals surface area contributed by atoms with Crippen molar-refractivity contribution in [1.82, 2.24) is 5.32 Å². The lowest BCUT2D eigenvalue weighted by Crippen LogP contribution is -2.16. The molecule has 1 saturated heterocycles. The molecule has 1 aliphatic heterocycles. The van der Waals surface area contributed by atoms with Gasteiger partial charge in [0, 0.05) is 6.54 Å². The van der Waals surface area contributed by atoms with Crippen LogP contribution in [-0.2, 0) is 11.3 Å². The van der Waals surface area contributed by atoms with E-state index >= 15 is 0 Å². The van der Waals surface area contributed by atoms with Crippen molar-refractivity contribution in [2.45, 2.75) is 33.0 Å². The van der Waals surface area contributed by atoms with Gasteiger partial charge in [-0.3, -0.25) is 0 Å². The Kier molecular flexibility index (Phi) is 4.37. The van der Waals surface area contributed by atoms with E-state index in [0.29, 0.717) is 12.7 Å². The highest BCUT2D eigenvalue weighted by atomic mass is 16.5. The van der Waals surface area contributed by atoms with Gasteiger partial charge in [0.05, 0.1) is 12.7 Å². The average molecular weight is 281 g/mol. The van der Waals surface area contributed by atoms with E-state index in [2.05, 4.69) is 61.6 Å². The molecule has 0 unspecified atom stereocenters. The summed E-state index contributed by atoms with van der Waals surface area (Å²) in [6, 6.07) is 15.2. The molecule has 3 rings (SSSR count). The smallest absolute Gasteiger partial charge is 0.0727 e. The fraction of sp³-hybridized carbons (Fsp3) is 0.368. The zero-order valence-corrected chi connectivity index (χ0v) is 12.9. The lowest BCUT2D eigenvalue weighted by atomic mass is 9.95. The molecule has 2 aromatic rings. The third-order valence-corrected chi connectivity index (χ3v) is 4.19. The molecular formula is C19H23NO. The second-order valence-corrected chi connectivity index (χ2v) is 5.90. The van der Waals surface area contributed by atoms with E-state index in [1.165, 1.54) is 27.8 Å². The number of ether oxygens (including phenoxy) is 1. The minimum atomic E-state index is 0.358. The van der Waals surface area contributed by atoms with Crippen LogP contribution < -0.4 is 5.32 Å². The van der Waals surface area contributed by atoms with Gasteiger partial charge < -0.3 is 10.1 Å². The zero-order valence-electron chi connectivity index (χ0n) is 12.9. The number of rotatable bonds is 4. The van der Waals surface area contributed by atoms with Crippen molar-refractivity contribution < 1.29 is 4.74 Å². The predicted molar refractivity (Wildman–Crippen MR) is 87.4 cm³/mol. The zero-order chi connectivity index (χ0) is 14.7. The highest BCUT2D eigenvalue weighted by Crippen LogP contribution is 2.28. The van der Waals surface area contributed by atoms with Gasteiger partial charge in [-0.05, 0) is 49.1 Å². The molecule has 0 amide bonds. The van der Waals surface area contributed by atoms with Crippen molar-refractivity contribution in [1.29, 1.82) is 0 Å². The molecule has 0 spiro atoms. The monoisotopic (exact) mass is 281 g/mol. The van der Waals surface area contributed by atoms with Crippen molar-refractivity contribution >= 4 is 0 Å². The molecule has 1 fully saturated rings. The minimum Gasteiger partial charge on any atom is -0.372 e. The first-order valence-electron chi connectivity index (χ1n) is 7.72. The topological polar surface area (TPSA) is 21.3 Å². The first-order chi connectivity index (χ1) is 10.2. The Hall–Kier alpha value is -1.64. The van der Waals surface area contributed by atoms with Gasteiger partial charge in [0.25, 0.3) is 0 Å². The predicted octanol–water partition coefficient (Wildman–Crippen LogP) is 3.85. The molecule has 1 heterocycles. The second kappa shape index (κ2) is 6.42. The summed E-state index contributed by atoms with van der Waals surface area (Å²) < 4.78 is 6.06. The van der Waals surface area contributed by atoms with Gasteiger partial charge in [-0.15, -0.1) is 0 Å². The Balaban J connectivity index is 1.86. The van der Waals surface area contributed by atoms with Crippen LogP contribution in [0.3, 0.4) is 0 Å². The molecule has 0 aliphatic carbocycles. The maximum absolute atomic E-state index is 6.06. The summed E-state index contributed by atoms with van der Waals surface area (Å²) in [4.78, 5) is 0. The molecule has 110 valence electrons. The van der Waals surface area contributed by atoms with E-state index in [1.54, 1.807) is 0 Å². The summed E-state index contributed by atoms with van der Waals surface area (Å²) in [5.41, 5.74) is 6.50. The van der Waals surface area contributed by atoms with Crippen LogP contribution in [0.4, 0.5) is 0 Å². The molecule has 2 heteroatoms. The van der Waals surface area contributed by atoms with E-state index in [1.807, 2.05) is 0 Å². The fourth-order valence-electron chi connectivity index (χ4n) is 2.91. The lowest BCUT2D eigenvalue weighted by Gasteiger charge is -2.15. The Morgan fingerprint density at radius 3 is 2.76 bits per heavy atom. The van der Waals surface area contributed by atoms with Crippen molar-refractivity contribution in [3.63, 3.8) is 0 Å². The first kappa shape index (κ1) is 14.3. The van der Waals surface area contributed by atoms with E-state index in [-0.39, 0.29) is 0 Å². The Bertz CT molecular complexity index is 615. The van der Waals surface area contributed by atoms with E-state index in [4.69, 9.17) is 4.74 Å². The third kappa shape index (κ3) is 3.34. The molecule has 1 aliphatic rings. The Morgan fingerprint density at radius 1 is 1.10 bits per heavy atom. The fourth-order valence-corrected chi connectivity index (χ4v) is 2.91. The van der Waals surface area contributed by atoms with Crippen LogP contribution >= 0.6 is 0 Å². The van der Waals surface area contributed by atoms with E-state index < -0.39 is 0 Å². The number of benzene rings is 2. The van der Waals surface area contributed by atoms with Crippen molar-refractivity contribution in [2.75, 3.05) is 13.1 Å². The summed E-state index contributed by atoms with van der Waals surface area (Å²) >= 11 is 0. The van der Waals surface area contributed by atoms with Gasteiger partial charge in [0.1, 0.15) is 0 Å². The average Bonchev–Trinajstić information content (AvgIpc) is 3.01. The summed E-state index contributed by atoms with van der Waals surface area (Å²) in [6.45, 7) is 7.06. The van der Waals surface area contributed by atoms with Gasteiger partial charge in [0.2, 0.25) is 0 Å². The molecule has 2 aromatic carbocycles. The molecule has 2 nitrogen and oxygen atoms in total. The minimum absolute atomic E-state index is 0.358. The van der Waals surface area contributed by atoms with Crippen LogP contribution in [0.15, 0.2) is 42.5 Å². The molecule has 1 N–H and O–H groups in total. The molecule has 1 atom stereocenters. The number of hydrogen-bond acceptors (Lipinski definition) is 2. The summed E-state index contributed by atoms with van der Waals surface area (Å²) in [7, 11) is 0. The summed E-state index contributed by atoms with van der Waals surface area (Å²) in [6.07, 6.45) is 1.47. The highest BCUT2D eigenvalue weighted by molar-refractivity contribution is 5.71. The lowest BCUT2D eigenvalue weighted by molar-refractivity contribution is 0.0545. The van der Waals surface area contributed by atoms with Gasteiger partial charge >= 0.3 is 0 Å². The van der Waals surface area contributed by atoms with Crippen molar-refractivity contribution in [2.24, 2.45) is 0 Å². The molecule has 0 bridgehead atoms. The number of nitrogens with one attached hydrogen (secondary N) is 1. The Labute approximate surface area is 127 Å². The number of hydrogen-bond donors (Lipinski definition) is 1. The SMILES string of the molecule is Cc1ccc(C)c(-c2ccccc2CO[C@H]2CCNC2)c1. The van der Waals surface area contributed by atoms with Crippen LogP contribution in [0, 0.1) is 13.8 Å². The normalized spacial score (nSPS) is 18.1. The second-order valence-electron chi connectivity index (χ2n) is 5.90. The van der Waals surface area contributed by atoms with Gasteiger partial charge in [0.15, 0.2) is 0 Å². The maximum atomic E-state index is 6.06. The van der Waals surface area contributed by atoms with Gasteiger partial charge in [-0.25, -0.2) is 0 Å². The molecule has 0 saturated carbocycles. The molecule has 0 radical (unpaired) electrons. The van der Waals surface area contributed by atoms with Crippen LogP contribution in [0.1, 0.15) is 23.1 Å². The summed E-state index contributed by atoms with van der Waals surface area (Å²) in [5.74, 6) is 0. The molecule has 0 aromatic heterocycles. The Morgan fingerprint density at radius 2 is 1.95 bits per heavy atom. The van der Waals surface area contributed by atoms with Crippen LogP contribution in [-0.4, -0.2) is 19.2 Å². The van der Waals surface area contributed by atoms with E-state index in [9.17, 15) is 0 Å². The van der Waals surface area contributed by atoms with Crippen molar-refractivity contribution in [3.8, 4) is 11.1 Å². The van der Waals surface area contributed by atoms with Crippen LogP contribution in [0.2, 0.25) is 0 Å². The van der Waals surface area contributed by atoms with Gasteiger partial charge in [-0.1, -0.05) is 48.0 Å². The largest absolute Gasteiger partial charge is 0.372 e. The van der Waals surface area contributed by atoms with E-state index in [0.717, 1.165) is 19.5 Å². The number of aryl methyl sites for hydroxylation is 2. The first-order valence-corrected chi connectivity index (χ1v) is 7.72. The highest BCUT2D eigenvalue weighted by Gasteiger charge is 2.15. The summed E-state index contributed by atoms with van der Waals surface area (Å²) in [5, 5.41) is 3.35. The van der Waals surface area contributed by atoms with Crippen LogP contribution in [0.25, 0.3) is 11.1 Å². The maximum Gasteiger partial charge on any atom is 0.0727 e. The standard InChI is InChI=1S/C19H23NO/c1-14-7-8-15(2)19(11-14)18-6-4-3-5-16(18)13-21-17-9-10-20-12-17/h3-8,11,17,20H,9-10,12-13H2,1-2H3/t17-/m0/s1. The third-order valence-electron chi connectivity index (χ3n) is 4.19. The molecular weight excluding hydrogens is 258 g/mol. The quantitative estimate of drug-likeness (QED) is 0.919. The van der Waals surface area contributed by atoms with Gasteiger partial charge in [-0.2, -0.15) is 0 Å². The van der Waals surface area contributed by atoms with Crippen molar-refractivity contribution in [3.05, 3.63) is 59.2 Å². The van der Waals surface area contributed by atoms with Crippen LogP contribution in [0.5, 0.6) is 0 Å². The molecule has 21 heavy (non-hydrogen) atoms.